The molecule has 1 saturated heterocycles. The van der Waals surface area contributed by atoms with Gasteiger partial charge in [0.15, 0.2) is 18.4 Å². The van der Waals surface area contributed by atoms with Crippen LogP contribution in [0.1, 0.15) is 112 Å². The van der Waals surface area contributed by atoms with Crippen molar-refractivity contribution in [2.24, 2.45) is 35.5 Å². The van der Waals surface area contributed by atoms with Crippen molar-refractivity contribution in [1.82, 2.24) is 0 Å². The third kappa shape index (κ3) is 20.4. The van der Waals surface area contributed by atoms with Gasteiger partial charge in [0.1, 0.15) is 6.10 Å². The van der Waals surface area contributed by atoms with Crippen LogP contribution in [0.2, 0.25) is 0 Å². The molecule has 2 fully saturated rings. The molecule has 15 nitrogen and oxygen atoms in total. The average molecular weight is 1000 g/mol. The smallest absolute Gasteiger partial charge is 0.184 e. The van der Waals surface area contributed by atoms with Crippen LogP contribution < -0.4 is 0 Å². The quantitative estimate of drug-likeness (QED) is 0.171. The van der Waals surface area contributed by atoms with E-state index in [4.69, 9.17) is 14.2 Å². The normalized spacial score (nSPS) is 44.1. The van der Waals surface area contributed by atoms with Crippen molar-refractivity contribution in [2.45, 2.75) is 203 Å². The second-order valence-corrected chi connectivity index (χ2v) is 20.8. The highest BCUT2D eigenvalue weighted by atomic mass is 16.7. The zero-order valence-electron chi connectivity index (χ0n) is 42.4. The van der Waals surface area contributed by atoms with Gasteiger partial charge in [0.05, 0.1) is 67.1 Å². The summed E-state index contributed by atoms with van der Waals surface area (Å²) in [7, 11) is 0. The molecule has 0 amide bonds. The van der Waals surface area contributed by atoms with Gasteiger partial charge in [-0.15, -0.1) is 0 Å². The molecule has 0 aromatic carbocycles. The standard InChI is InChI=1S/C56H88O15/c1-35-21-16-14-12-10-8-6-7-9-11-13-15-17-26-45(71-55-54(66)51(41-24-20-25-41)53(65)39(5)70-55)29-36(2)50(40-22-18-19-23-40)48(62)34-56(67,68)33-47(61)46(60)28-27-42(57)30-43(58)31-44(59)32-49(63)69-38(4)37(3)52(35)64/h6-19,21-22,26,35-39,41-55,57-68H,20,23-25,27-34H2,1-5H3/b7-6-,10-8-,11-9-,14-12-,15-13-,21-16-,26-17-/t35-,36?,37-,38-,39?,42?,43?,44?,45?,46?,47?,48?,49?,50?,51?,52+,53?,54?,55?/m0/s1. The Morgan fingerprint density at radius 3 is 1.68 bits per heavy atom. The first kappa shape index (κ1) is 60.6. The predicted molar refractivity (Wildman–Crippen MR) is 272 cm³/mol. The Balaban J connectivity index is 1.54. The maximum atomic E-state index is 11.8. The van der Waals surface area contributed by atoms with Gasteiger partial charge >= 0.3 is 0 Å². The minimum atomic E-state index is -2.62. The van der Waals surface area contributed by atoms with Gasteiger partial charge in [-0.2, -0.15) is 0 Å². The van der Waals surface area contributed by atoms with Crippen LogP contribution in [0.25, 0.3) is 0 Å². The lowest BCUT2D eigenvalue weighted by Crippen LogP contribution is -2.57. The molecule has 2 heterocycles. The molecule has 402 valence electrons. The van der Waals surface area contributed by atoms with E-state index in [-0.39, 0.29) is 55.8 Å². The fourth-order valence-electron chi connectivity index (χ4n) is 10.2. The maximum Gasteiger partial charge on any atom is 0.184 e. The molecular weight excluding hydrogens is 913 g/mol. The highest BCUT2D eigenvalue weighted by Gasteiger charge is 2.49. The number of allylic oxidation sites excluding steroid dienone is 15. The molecule has 4 rings (SSSR count). The molecular formula is C56H88O15. The largest absolute Gasteiger partial charge is 0.393 e. The molecule has 0 spiro atoms. The highest BCUT2D eigenvalue weighted by molar-refractivity contribution is 5.27. The van der Waals surface area contributed by atoms with Crippen LogP contribution in [0.3, 0.4) is 0 Å². The van der Waals surface area contributed by atoms with E-state index in [1.54, 1.807) is 20.8 Å². The third-order valence-corrected chi connectivity index (χ3v) is 14.8. The molecule has 15 unspecified atom stereocenters. The van der Waals surface area contributed by atoms with E-state index < -0.39 is 116 Å². The van der Waals surface area contributed by atoms with E-state index in [1.165, 1.54) is 0 Å². The molecule has 15 heteroatoms. The van der Waals surface area contributed by atoms with Crippen molar-refractivity contribution < 1.29 is 75.5 Å². The highest BCUT2D eigenvalue weighted by Crippen LogP contribution is 2.43. The molecule has 0 bridgehead atoms. The molecule has 4 aliphatic rings. The molecule has 0 aromatic rings. The minimum Gasteiger partial charge on any atom is -0.393 e. The third-order valence-electron chi connectivity index (χ3n) is 14.8. The predicted octanol–water partition coefficient (Wildman–Crippen LogP) is 4.62. The summed E-state index contributed by atoms with van der Waals surface area (Å²) in [5.41, 5.74) is 0.855. The van der Waals surface area contributed by atoms with Gasteiger partial charge in [-0.05, 0) is 77.0 Å². The zero-order chi connectivity index (χ0) is 52.3. The summed E-state index contributed by atoms with van der Waals surface area (Å²) in [5, 5.41) is 132. The first-order valence-electron chi connectivity index (χ1n) is 25.9. The van der Waals surface area contributed by atoms with Crippen molar-refractivity contribution >= 4 is 0 Å². The van der Waals surface area contributed by atoms with Gasteiger partial charge in [0.2, 0.25) is 0 Å². The first-order valence-corrected chi connectivity index (χ1v) is 25.9. The Hall–Kier alpha value is -2.94. The summed E-state index contributed by atoms with van der Waals surface area (Å²) in [5.74, 6) is -4.45. The summed E-state index contributed by atoms with van der Waals surface area (Å²) in [4.78, 5) is 0. The van der Waals surface area contributed by atoms with Crippen molar-refractivity contribution in [3.63, 3.8) is 0 Å². The van der Waals surface area contributed by atoms with Crippen LogP contribution in [-0.2, 0) is 14.2 Å². The number of hydrogen-bond acceptors (Lipinski definition) is 15. The van der Waals surface area contributed by atoms with E-state index >= 15 is 0 Å². The fourth-order valence-corrected chi connectivity index (χ4v) is 10.2. The van der Waals surface area contributed by atoms with Crippen LogP contribution >= 0.6 is 0 Å². The Morgan fingerprint density at radius 1 is 0.535 bits per heavy atom. The molecule has 71 heavy (non-hydrogen) atoms. The number of ether oxygens (including phenoxy) is 3. The molecule has 1 saturated carbocycles. The van der Waals surface area contributed by atoms with Crippen LogP contribution in [0.4, 0.5) is 0 Å². The summed E-state index contributed by atoms with van der Waals surface area (Å²) in [6.45, 7) is 9.08. The Bertz CT molecular complexity index is 1820. The zero-order valence-corrected chi connectivity index (χ0v) is 42.4. The first-order chi connectivity index (χ1) is 33.7. The van der Waals surface area contributed by atoms with Crippen LogP contribution in [0.5, 0.6) is 0 Å². The van der Waals surface area contributed by atoms with Crippen molar-refractivity contribution in [3.05, 3.63) is 109 Å². The van der Waals surface area contributed by atoms with Crippen molar-refractivity contribution in [1.29, 1.82) is 0 Å². The second-order valence-electron chi connectivity index (χ2n) is 20.8. The molecule has 0 aromatic heterocycles. The summed E-state index contributed by atoms with van der Waals surface area (Å²) in [6.07, 6.45) is 18.3. The van der Waals surface area contributed by atoms with Gasteiger partial charge in [0.25, 0.3) is 0 Å². The topological polar surface area (TPSA) is 270 Å². The van der Waals surface area contributed by atoms with Gasteiger partial charge in [-0.3, -0.25) is 0 Å². The SMILES string of the molecule is CC1CC(OC2OC(C)C(O)C(C3CCC3)C2O)\C=C/C=C\C=C/C=C\C=C/C=C\C=C/[C@H](C)[C@@H](O)[C@@H](C)[C@H](C)OC(O)CC(O)CC(O)CC(O)CCC(O)C(O)CC(O)(O)CC(O)C1C1=CC=CC1. The summed E-state index contributed by atoms with van der Waals surface area (Å²) >= 11 is 0. The van der Waals surface area contributed by atoms with Crippen molar-refractivity contribution in [2.75, 3.05) is 0 Å². The van der Waals surface area contributed by atoms with E-state index in [9.17, 15) is 61.3 Å². The van der Waals surface area contributed by atoms with Gasteiger partial charge in [-0.1, -0.05) is 136 Å². The number of aliphatic hydroxyl groups is 12. The average Bonchev–Trinajstić information content (AvgIpc) is 3.80. The fraction of sp³-hybridized carbons (Fsp3) is 0.679. The van der Waals surface area contributed by atoms with E-state index in [0.29, 0.717) is 12.8 Å². The summed E-state index contributed by atoms with van der Waals surface area (Å²) < 4.78 is 18.3. The lowest BCUT2D eigenvalue weighted by atomic mass is 9.69. The Kier molecular flexibility index (Phi) is 26.0. The van der Waals surface area contributed by atoms with E-state index in [1.807, 2.05) is 117 Å². The van der Waals surface area contributed by atoms with Gasteiger partial charge < -0.3 is 75.5 Å². The molecule has 0 radical (unpaired) electrons. The van der Waals surface area contributed by atoms with E-state index in [2.05, 4.69) is 0 Å². The molecule has 19 atom stereocenters. The maximum absolute atomic E-state index is 11.8. The van der Waals surface area contributed by atoms with Crippen LogP contribution in [-0.4, -0.2) is 153 Å². The Labute approximate surface area is 421 Å². The minimum absolute atomic E-state index is 0.0752. The summed E-state index contributed by atoms with van der Waals surface area (Å²) in [6, 6.07) is 0. The molecule has 12 N–H and O–H groups in total. The lowest BCUT2D eigenvalue weighted by Gasteiger charge is -2.48. The van der Waals surface area contributed by atoms with Crippen LogP contribution in [0.15, 0.2) is 109 Å². The lowest BCUT2D eigenvalue weighted by molar-refractivity contribution is -0.299. The number of hydrogen-bond donors (Lipinski definition) is 12. The number of rotatable bonds is 4. The molecule has 2 aliphatic carbocycles. The Morgan fingerprint density at radius 2 is 1.10 bits per heavy atom. The van der Waals surface area contributed by atoms with Gasteiger partial charge in [0, 0.05) is 42.9 Å². The van der Waals surface area contributed by atoms with E-state index in [0.717, 1.165) is 24.8 Å². The monoisotopic (exact) mass is 1000 g/mol. The number of aliphatic hydroxyl groups excluding tert-OH is 10. The second kappa shape index (κ2) is 30.4. The van der Waals surface area contributed by atoms with Crippen LogP contribution in [0, 0.1) is 35.5 Å². The van der Waals surface area contributed by atoms with Gasteiger partial charge in [-0.25, -0.2) is 0 Å². The molecule has 2 aliphatic heterocycles. The van der Waals surface area contributed by atoms with Crippen molar-refractivity contribution in [3.8, 4) is 0 Å².